The van der Waals surface area contributed by atoms with Gasteiger partial charge in [0.1, 0.15) is 11.2 Å². The summed E-state index contributed by atoms with van der Waals surface area (Å²) in [6.07, 6.45) is 2.62. The Morgan fingerprint density at radius 2 is 2.08 bits per heavy atom. The molecule has 4 rings (SSSR count). The van der Waals surface area contributed by atoms with Crippen LogP contribution in [0.3, 0.4) is 0 Å². The molecular formula is C17H18ClN5O2. The predicted octanol–water partition coefficient (Wildman–Crippen LogP) is 2.57. The van der Waals surface area contributed by atoms with E-state index in [1.165, 1.54) is 0 Å². The molecule has 1 aliphatic rings. The van der Waals surface area contributed by atoms with Crippen molar-refractivity contribution in [3.63, 3.8) is 0 Å². The summed E-state index contributed by atoms with van der Waals surface area (Å²) in [6.45, 7) is 2.75. The topological polar surface area (TPSA) is 67.4 Å². The molecule has 0 unspecified atom stereocenters. The van der Waals surface area contributed by atoms with E-state index in [9.17, 15) is 4.79 Å². The number of aromatic nitrogens is 3. The van der Waals surface area contributed by atoms with Crippen LogP contribution in [0.4, 0.5) is 6.01 Å². The Morgan fingerprint density at radius 3 is 2.88 bits per heavy atom. The van der Waals surface area contributed by atoms with E-state index in [-0.39, 0.29) is 5.91 Å². The molecule has 130 valence electrons. The molecule has 0 spiro atoms. The number of carbonyl (C=O) groups is 1. The van der Waals surface area contributed by atoms with E-state index in [4.69, 9.17) is 16.0 Å². The third-order valence-corrected chi connectivity index (χ3v) is 4.56. The average Bonchev–Trinajstić information content (AvgIpc) is 3.12. The van der Waals surface area contributed by atoms with E-state index < -0.39 is 0 Å². The molecule has 2 aromatic heterocycles. The van der Waals surface area contributed by atoms with Gasteiger partial charge in [0.05, 0.1) is 0 Å². The van der Waals surface area contributed by atoms with Crippen LogP contribution in [0.2, 0.25) is 5.02 Å². The third kappa shape index (κ3) is 3.19. The molecule has 3 aromatic rings. The lowest BCUT2D eigenvalue weighted by atomic mass is 10.3. The Balaban J connectivity index is 1.49. The third-order valence-electron chi connectivity index (χ3n) is 4.33. The van der Waals surface area contributed by atoms with Crippen molar-refractivity contribution in [1.82, 2.24) is 19.7 Å². The summed E-state index contributed by atoms with van der Waals surface area (Å²) in [6, 6.07) is 7.73. The van der Waals surface area contributed by atoms with Crippen molar-refractivity contribution in [2.75, 3.05) is 31.1 Å². The van der Waals surface area contributed by atoms with Crippen LogP contribution in [0.1, 0.15) is 16.9 Å². The van der Waals surface area contributed by atoms with Gasteiger partial charge in [0.2, 0.25) is 0 Å². The van der Waals surface area contributed by atoms with Crippen molar-refractivity contribution in [2.45, 2.75) is 6.42 Å². The highest BCUT2D eigenvalue weighted by Crippen LogP contribution is 2.25. The van der Waals surface area contributed by atoms with Crippen molar-refractivity contribution < 1.29 is 9.21 Å². The van der Waals surface area contributed by atoms with E-state index in [0.29, 0.717) is 41.9 Å². The van der Waals surface area contributed by atoms with E-state index in [1.807, 2.05) is 11.0 Å². The molecule has 25 heavy (non-hydrogen) atoms. The number of rotatable bonds is 2. The molecule has 0 bridgehead atoms. The molecule has 0 aliphatic carbocycles. The predicted molar refractivity (Wildman–Crippen MR) is 95.0 cm³/mol. The molecule has 0 atom stereocenters. The summed E-state index contributed by atoms with van der Waals surface area (Å²) in [5.74, 6) is -0.0354. The summed E-state index contributed by atoms with van der Waals surface area (Å²) in [4.78, 5) is 21.0. The highest BCUT2D eigenvalue weighted by atomic mass is 35.5. The standard InChI is InChI=1S/C17H18ClN5O2/c1-21-8-5-14(20-21)16(24)22-6-2-7-23(10-9-22)17-19-13-4-3-12(18)11-15(13)25-17/h3-5,8,11H,2,6-7,9-10H2,1H3. The maximum atomic E-state index is 12.6. The lowest BCUT2D eigenvalue weighted by Crippen LogP contribution is -2.35. The van der Waals surface area contributed by atoms with Gasteiger partial charge in [-0.3, -0.25) is 9.48 Å². The zero-order chi connectivity index (χ0) is 17.4. The summed E-state index contributed by atoms with van der Waals surface area (Å²) >= 11 is 6.00. The minimum atomic E-state index is -0.0354. The van der Waals surface area contributed by atoms with Gasteiger partial charge in [-0.2, -0.15) is 10.1 Å². The first-order valence-corrected chi connectivity index (χ1v) is 8.58. The maximum absolute atomic E-state index is 12.6. The summed E-state index contributed by atoms with van der Waals surface area (Å²) < 4.78 is 7.48. The van der Waals surface area contributed by atoms with Gasteiger partial charge in [-0.1, -0.05) is 11.6 Å². The molecule has 3 heterocycles. The fraction of sp³-hybridized carbons (Fsp3) is 0.353. The van der Waals surface area contributed by atoms with Crippen LogP contribution < -0.4 is 4.90 Å². The molecule has 8 heteroatoms. The Kier molecular flexibility index (Phi) is 4.09. The number of hydrogen-bond donors (Lipinski definition) is 0. The highest BCUT2D eigenvalue weighted by Gasteiger charge is 2.24. The highest BCUT2D eigenvalue weighted by molar-refractivity contribution is 6.31. The van der Waals surface area contributed by atoms with Crippen LogP contribution in [0, 0.1) is 0 Å². The first-order valence-electron chi connectivity index (χ1n) is 8.20. The summed E-state index contributed by atoms with van der Waals surface area (Å²) in [7, 11) is 1.81. The van der Waals surface area contributed by atoms with Gasteiger partial charge < -0.3 is 14.2 Å². The number of amides is 1. The largest absolute Gasteiger partial charge is 0.423 e. The van der Waals surface area contributed by atoms with Gasteiger partial charge in [-0.15, -0.1) is 0 Å². The minimum Gasteiger partial charge on any atom is -0.423 e. The number of benzene rings is 1. The maximum Gasteiger partial charge on any atom is 0.298 e. The molecule has 1 saturated heterocycles. The minimum absolute atomic E-state index is 0.0354. The number of fused-ring (bicyclic) bond motifs is 1. The lowest BCUT2D eigenvalue weighted by molar-refractivity contribution is 0.0760. The Morgan fingerprint density at radius 1 is 1.20 bits per heavy atom. The zero-order valence-electron chi connectivity index (χ0n) is 13.9. The molecule has 0 radical (unpaired) electrons. The summed E-state index contributed by atoms with van der Waals surface area (Å²) in [5, 5.41) is 4.82. The van der Waals surface area contributed by atoms with Crippen LogP contribution in [-0.2, 0) is 7.05 Å². The van der Waals surface area contributed by atoms with Gasteiger partial charge >= 0.3 is 0 Å². The zero-order valence-corrected chi connectivity index (χ0v) is 14.6. The normalized spacial score (nSPS) is 15.6. The number of halogens is 1. The van der Waals surface area contributed by atoms with E-state index in [1.54, 1.807) is 36.1 Å². The molecular weight excluding hydrogens is 342 g/mol. The van der Waals surface area contributed by atoms with E-state index in [0.717, 1.165) is 18.5 Å². The average molecular weight is 360 g/mol. The molecule has 1 aliphatic heterocycles. The Labute approximate surface area is 149 Å². The molecule has 1 aromatic carbocycles. The lowest BCUT2D eigenvalue weighted by Gasteiger charge is -2.20. The molecule has 0 saturated carbocycles. The monoisotopic (exact) mass is 359 g/mol. The first kappa shape index (κ1) is 16.0. The number of nitrogens with zero attached hydrogens (tertiary/aromatic N) is 5. The van der Waals surface area contributed by atoms with Crippen molar-refractivity contribution in [2.24, 2.45) is 7.05 Å². The Hall–Kier alpha value is -2.54. The van der Waals surface area contributed by atoms with Gasteiger partial charge in [-0.25, -0.2) is 0 Å². The van der Waals surface area contributed by atoms with Crippen molar-refractivity contribution in [3.05, 3.63) is 41.2 Å². The van der Waals surface area contributed by atoms with Gasteiger partial charge in [0.15, 0.2) is 5.58 Å². The molecule has 7 nitrogen and oxygen atoms in total. The van der Waals surface area contributed by atoms with Gasteiger partial charge in [0, 0.05) is 50.5 Å². The van der Waals surface area contributed by atoms with Crippen LogP contribution >= 0.6 is 11.6 Å². The van der Waals surface area contributed by atoms with Crippen LogP contribution in [-0.4, -0.2) is 51.8 Å². The quantitative estimate of drug-likeness (QED) is 0.703. The second kappa shape index (κ2) is 6.40. The number of oxazole rings is 1. The summed E-state index contributed by atoms with van der Waals surface area (Å²) in [5.41, 5.74) is 1.94. The van der Waals surface area contributed by atoms with Crippen molar-refractivity contribution in [1.29, 1.82) is 0 Å². The van der Waals surface area contributed by atoms with Crippen LogP contribution in [0.15, 0.2) is 34.9 Å². The SMILES string of the molecule is Cn1ccc(C(=O)N2CCCN(c3nc4ccc(Cl)cc4o3)CC2)n1. The van der Waals surface area contributed by atoms with E-state index in [2.05, 4.69) is 15.0 Å². The number of carbonyl (C=O) groups excluding carboxylic acids is 1. The number of aryl methyl sites for hydroxylation is 1. The number of anilines is 1. The second-order valence-corrected chi connectivity index (χ2v) is 6.55. The second-order valence-electron chi connectivity index (χ2n) is 6.12. The van der Waals surface area contributed by atoms with Crippen LogP contribution in [0.5, 0.6) is 0 Å². The fourth-order valence-corrected chi connectivity index (χ4v) is 3.19. The van der Waals surface area contributed by atoms with Gasteiger partial charge in [-0.05, 0) is 24.6 Å². The number of hydrogen-bond acceptors (Lipinski definition) is 5. The van der Waals surface area contributed by atoms with Crippen LogP contribution in [0.25, 0.3) is 11.1 Å². The first-order chi connectivity index (χ1) is 12.1. The fourth-order valence-electron chi connectivity index (χ4n) is 3.02. The molecule has 1 fully saturated rings. The van der Waals surface area contributed by atoms with Crippen molar-refractivity contribution >= 4 is 34.6 Å². The smallest absolute Gasteiger partial charge is 0.298 e. The van der Waals surface area contributed by atoms with E-state index >= 15 is 0 Å². The molecule has 1 amide bonds. The Bertz CT molecular complexity index is 919. The van der Waals surface area contributed by atoms with Gasteiger partial charge in [0.25, 0.3) is 11.9 Å². The molecule has 0 N–H and O–H groups in total. The van der Waals surface area contributed by atoms with Crippen molar-refractivity contribution in [3.8, 4) is 0 Å².